The Bertz CT molecular complexity index is 1240. The molecule has 12 heteroatoms. The molecule has 182 valence electrons. The van der Waals surface area contributed by atoms with Gasteiger partial charge in [0, 0.05) is 69.4 Å². The van der Waals surface area contributed by atoms with E-state index in [-0.39, 0.29) is 11.1 Å². The summed E-state index contributed by atoms with van der Waals surface area (Å²) in [4.78, 5) is 13.2. The molecule has 0 amide bonds. The van der Waals surface area contributed by atoms with Gasteiger partial charge in [-0.1, -0.05) is 0 Å². The van der Waals surface area contributed by atoms with E-state index in [1.54, 1.807) is 11.6 Å². The van der Waals surface area contributed by atoms with E-state index in [1.807, 2.05) is 30.2 Å². The zero-order valence-electron chi connectivity index (χ0n) is 19.5. The summed E-state index contributed by atoms with van der Waals surface area (Å²) in [6.07, 6.45) is 11.1. The van der Waals surface area contributed by atoms with Gasteiger partial charge in [-0.2, -0.15) is 9.40 Å². The molecule has 0 spiro atoms. The molecule has 2 aliphatic heterocycles. The van der Waals surface area contributed by atoms with Crippen LogP contribution in [0.3, 0.4) is 0 Å². The molecule has 2 aliphatic rings. The van der Waals surface area contributed by atoms with Crippen LogP contribution in [0.25, 0.3) is 11.3 Å². The van der Waals surface area contributed by atoms with Gasteiger partial charge in [0.25, 0.3) is 10.0 Å². The fraction of sp³-hybridized carbons (Fsp3) is 0.545. The fourth-order valence-corrected chi connectivity index (χ4v) is 5.89. The lowest BCUT2D eigenvalue weighted by molar-refractivity contribution is 0.181. The normalized spacial score (nSPS) is 20.1. The van der Waals surface area contributed by atoms with Crippen molar-refractivity contribution in [3.8, 4) is 11.3 Å². The monoisotopic (exact) mass is 486 g/mol. The molecule has 34 heavy (non-hydrogen) atoms. The first-order valence-corrected chi connectivity index (χ1v) is 13.0. The van der Waals surface area contributed by atoms with Gasteiger partial charge < -0.3 is 14.6 Å². The molecular formula is C22H30N8O3S. The first kappa shape index (κ1) is 22.9. The number of imidazole rings is 1. The Morgan fingerprint density at radius 1 is 1.15 bits per heavy atom. The van der Waals surface area contributed by atoms with Crippen molar-refractivity contribution in [3.05, 3.63) is 36.7 Å². The Balaban J connectivity index is 1.22. The molecule has 0 bridgehead atoms. The number of aromatic nitrogens is 6. The number of ether oxygens (including phenoxy) is 1. The van der Waals surface area contributed by atoms with Crippen LogP contribution in [-0.2, 0) is 28.4 Å². The van der Waals surface area contributed by atoms with E-state index in [1.165, 1.54) is 16.8 Å². The van der Waals surface area contributed by atoms with E-state index >= 15 is 0 Å². The van der Waals surface area contributed by atoms with Crippen molar-refractivity contribution in [2.75, 3.05) is 31.6 Å². The van der Waals surface area contributed by atoms with Crippen LogP contribution < -0.4 is 5.32 Å². The number of rotatable bonds is 7. The van der Waals surface area contributed by atoms with Crippen LogP contribution in [0, 0.1) is 12.8 Å². The summed E-state index contributed by atoms with van der Waals surface area (Å²) < 4.78 is 36.2. The van der Waals surface area contributed by atoms with Crippen molar-refractivity contribution >= 4 is 16.0 Å². The number of nitrogens with zero attached hydrogens (tertiary/aromatic N) is 7. The lowest BCUT2D eigenvalue weighted by Crippen LogP contribution is -2.42. The zero-order chi connectivity index (χ0) is 23.7. The number of aryl methyl sites for hydroxylation is 2. The Labute approximate surface area is 199 Å². The highest BCUT2D eigenvalue weighted by Gasteiger charge is 2.31. The molecule has 0 radical (unpaired) electrons. The van der Waals surface area contributed by atoms with Crippen LogP contribution in [0.1, 0.15) is 24.8 Å². The highest BCUT2D eigenvalue weighted by Crippen LogP contribution is 2.25. The number of hydrogen-bond acceptors (Lipinski definition) is 8. The molecule has 0 unspecified atom stereocenters. The maximum absolute atomic E-state index is 12.8. The Morgan fingerprint density at radius 3 is 2.68 bits per heavy atom. The predicted octanol–water partition coefficient (Wildman–Crippen LogP) is 1.68. The van der Waals surface area contributed by atoms with Crippen LogP contribution in [0.5, 0.6) is 0 Å². The number of sulfonamides is 1. The van der Waals surface area contributed by atoms with Gasteiger partial charge in [-0.25, -0.2) is 23.4 Å². The smallest absolute Gasteiger partial charge is 0.262 e. The van der Waals surface area contributed by atoms with Crippen molar-refractivity contribution in [2.45, 2.75) is 43.8 Å². The average Bonchev–Trinajstić information content (AvgIpc) is 3.59. The van der Waals surface area contributed by atoms with Gasteiger partial charge in [0.2, 0.25) is 5.95 Å². The van der Waals surface area contributed by atoms with Crippen LogP contribution in [0.15, 0.2) is 36.1 Å². The highest BCUT2D eigenvalue weighted by atomic mass is 32.2. The first-order chi connectivity index (χ1) is 16.4. The Morgan fingerprint density at radius 2 is 1.97 bits per heavy atom. The lowest BCUT2D eigenvalue weighted by Gasteiger charge is -2.31. The molecule has 11 nitrogen and oxygen atoms in total. The van der Waals surface area contributed by atoms with Gasteiger partial charge in [0.05, 0.1) is 24.8 Å². The second kappa shape index (κ2) is 9.43. The fourth-order valence-electron chi connectivity index (χ4n) is 4.46. The topological polar surface area (TPSA) is 120 Å². The molecule has 5 rings (SSSR count). The molecule has 3 aromatic heterocycles. The van der Waals surface area contributed by atoms with Crippen molar-refractivity contribution in [2.24, 2.45) is 13.0 Å². The summed E-state index contributed by atoms with van der Waals surface area (Å²) in [7, 11) is -1.81. The second-order valence-corrected chi connectivity index (χ2v) is 11.0. The van der Waals surface area contributed by atoms with E-state index < -0.39 is 10.0 Å². The van der Waals surface area contributed by atoms with Crippen molar-refractivity contribution < 1.29 is 13.2 Å². The molecule has 5 heterocycles. The third-order valence-electron chi connectivity index (χ3n) is 6.42. The summed E-state index contributed by atoms with van der Waals surface area (Å²) in [5.41, 5.74) is 2.78. The second-order valence-electron chi connectivity index (χ2n) is 9.11. The molecule has 1 N–H and O–H groups in total. The van der Waals surface area contributed by atoms with Crippen LogP contribution in [-0.4, -0.2) is 74.4 Å². The molecule has 1 atom stereocenters. The number of piperidine rings is 1. The van der Waals surface area contributed by atoms with E-state index in [0.717, 1.165) is 43.0 Å². The minimum absolute atomic E-state index is 0.0916. The van der Waals surface area contributed by atoms with E-state index in [4.69, 9.17) is 9.72 Å². The van der Waals surface area contributed by atoms with Gasteiger partial charge in [-0.3, -0.25) is 4.68 Å². The number of anilines is 1. The third kappa shape index (κ3) is 4.84. The first-order valence-electron chi connectivity index (χ1n) is 11.6. The van der Waals surface area contributed by atoms with Crippen molar-refractivity contribution in [1.29, 1.82) is 0 Å². The molecular weight excluding hydrogens is 456 g/mol. The van der Waals surface area contributed by atoms with Crippen molar-refractivity contribution in [3.63, 3.8) is 0 Å². The zero-order valence-corrected chi connectivity index (χ0v) is 20.3. The highest BCUT2D eigenvalue weighted by molar-refractivity contribution is 7.89. The van der Waals surface area contributed by atoms with Crippen LogP contribution >= 0.6 is 0 Å². The largest absolute Gasteiger partial charge is 0.381 e. The van der Waals surface area contributed by atoms with E-state index in [9.17, 15) is 8.42 Å². The summed E-state index contributed by atoms with van der Waals surface area (Å²) in [5.74, 6) is 1.05. The van der Waals surface area contributed by atoms with Gasteiger partial charge in [0.15, 0.2) is 5.03 Å². The maximum Gasteiger partial charge on any atom is 0.262 e. The molecule has 0 aliphatic carbocycles. The average molecular weight is 487 g/mol. The van der Waals surface area contributed by atoms with Gasteiger partial charge in [-0.15, -0.1) is 0 Å². The molecule has 0 aromatic carbocycles. The minimum atomic E-state index is -3.57. The maximum atomic E-state index is 12.8. The van der Waals surface area contributed by atoms with Crippen LogP contribution in [0.2, 0.25) is 0 Å². The quantitative estimate of drug-likeness (QED) is 0.536. The summed E-state index contributed by atoms with van der Waals surface area (Å²) >= 11 is 0. The predicted molar refractivity (Wildman–Crippen MR) is 126 cm³/mol. The standard InChI is InChI=1S/C22H30N8O3S/c1-16-9-23-22(27-21(16)18-10-25-29(12-18)11-17-5-8-33-14-17)26-19-3-6-30(7-4-19)34(31,32)20-13-28(2)15-24-20/h9-10,12-13,15,17,19H,3-8,11,14H2,1-2H3,(H,23,26,27)/t17-/m1/s1. The SMILES string of the molecule is Cc1cnc(NC2CCN(S(=O)(=O)c3cn(C)cn3)CC2)nc1-c1cnn(C[C@H]2CCOC2)c1. The van der Waals surface area contributed by atoms with E-state index in [0.29, 0.717) is 37.8 Å². The third-order valence-corrected chi connectivity index (χ3v) is 8.20. The molecule has 2 saturated heterocycles. The van der Waals surface area contributed by atoms with Gasteiger partial charge in [-0.05, 0) is 31.7 Å². The minimum Gasteiger partial charge on any atom is -0.381 e. The molecule has 3 aromatic rings. The number of hydrogen-bond donors (Lipinski definition) is 1. The van der Waals surface area contributed by atoms with Crippen molar-refractivity contribution in [1.82, 2.24) is 33.6 Å². The lowest BCUT2D eigenvalue weighted by atomic mass is 10.1. The van der Waals surface area contributed by atoms with Gasteiger partial charge >= 0.3 is 0 Å². The summed E-state index contributed by atoms with van der Waals surface area (Å²) in [5, 5.41) is 8.00. The summed E-state index contributed by atoms with van der Waals surface area (Å²) in [6, 6.07) is 0.0934. The number of nitrogens with one attached hydrogen (secondary N) is 1. The molecule has 0 saturated carbocycles. The summed E-state index contributed by atoms with van der Waals surface area (Å²) in [6.45, 7) is 5.29. The Kier molecular flexibility index (Phi) is 6.36. The molecule has 2 fully saturated rings. The Hall–Kier alpha value is -2.83. The van der Waals surface area contributed by atoms with Crippen LogP contribution in [0.4, 0.5) is 5.95 Å². The van der Waals surface area contributed by atoms with Gasteiger partial charge in [0.1, 0.15) is 0 Å². The van der Waals surface area contributed by atoms with E-state index in [2.05, 4.69) is 20.4 Å².